The Hall–Kier alpha value is -1.14. The highest BCUT2D eigenvalue weighted by Gasteiger charge is 2.35. The number of likely N-dealkylation sites (tertiary alicyclic amines) is 1. The minimum atomic E-state index is -0.0218. The number of hydrogen-bond donors (Lipinski definition) is 2. The van der Waals surface area contributed by atoms with Crippen LogP contribution in [-0.2, 0) is 14.3 Å². The van der Waals surface area contributed by atoms with Crippen LogP contribution in [0.1, 0.15) is 44.9 Å². The van der Waals surface area contributed by atoms with Crippen molar-refractivity contribution >= 4 is 11.8 Å². The summed E-state index contributed by atoms with van der Waals surface area (Å²) in [7, 11) is 0. The molecule has 1 aliphatic carbocycles. The summed E-state index contributed by atoms with van der Waals surface area (Å²) in [6.45, 7) is 2.79. The minimum absolute atomic E-state index is 0.0197. The maximum Gasteiger partial charge on any atom is 0.225 e. The molecule has 3 aliphatic rings. The summed E-state index contributed by atoms with van der Waals surface area (Å²) < 4.78 is 5.36. The van der Waals surface area contributed by atoms with Crippen LogP contribution in [0.2, 0.25) is 0 Å². The van der Waals surface area contributed by atoms with Crippen LogP contribution >= 0.6 is 0 Å². The summed E-state index contributed by atoms with van der Waals surface area (Å²) in [6.07, 6.45) is 6.85. The number of nitrogens with zero attached hydrogens (tertiary/aromatic N) is 1. The van der Waals surface area contributed by atoms with E-state index in [1.807, 2.05) is 4.90 Å². The molecular formula is C16H27N3O3. The Morgan fingerprint density at radius 1 is 1.32 bits per heavy atom. The van der Waals surface area contributed by atoms with E-state index in [9.17, 15) is 9.59 Å². The first-order chi connectivity index (χ1) is 10.7. The van der Waals surface area contributed by atoms with Gasteiger partial charge >= 0.3 is 0 Å². The molecule has 0 aromatic rings. The van der Waals surface area contributed by atoms with Crippen molar-refractivity contribution in [3.63, 3.8) is 0 Å². The third-order valence-corrected chi connectivity index (χ3v) is 4.97. The van der Waals surface area contributed by atoms with Crippen LogP contribution in [0.25, 0.3) is 0 Å². The summed E-state index contributed by atoms with van der Waals surface area (Å²) in [6, 6.07) is 0.475. The first-order valence-corrected chi connectivity index (χ1v) is 8.62. The smallest absolute Gasteiger partial charge is 0.225 e. The molecule has 3 fully saturated rings. The predicted molar refractivity (Wildman–Crippen MR) is 82.4 cm³/mol. The minimum Gasteiger partial charge on any atom is -0.378 e. The maximum atomic E-state index is 12.2. The Labute approximate surface area is 131 Å². The zero-order chi connectivity index (χ0) is 15.4. The van der Waals surface area contributed by atoms with E-state index >= 15 is 0 Å². The summed E-state index contributed by atoms with van der Waals surface area (Å²) in [5.41, 5.74) is 0. The first kappa shape index (κ1) is 15.7. The van der Waals surface area contributed by atoms with Crippen molar-refractivity contribution in [2.75, 3.05) is 26.3 Å². The Balaban J connectivity index is 1.44. The van der Waals surface area contributed by atoms with E-state index in [4.69, 9.17) is 4.74 Å². The second kappa shape index (κ2) is 7.42. The Morgan fingerprint density at radius 2 is 2.14 bits per heavy atom. The third-order valence-electron chi connectivity index (χ3n) is 4.97. The molecule has 0 radical (unpaired) electrons. The average Bonchev–Trinajstić information content (AvgIpc) is 2.89. The zero-order valence-corrected chi connectivity index (χ0v) is 13.2. The van der Waals surface area contributed by atoms with E-state index in [0.717, 1.165) is 19.4 Å². The highest BCUT2D eigenvalue weighted by Crippen LogP contribution is 2.26. The quantitative estimate of drug-likeness (QED) is 0.789. The average molecular weight is 309 g/mol. The van der Waals surface area contributed by atoms with E-state index in [1.54, 1.807) is 0 Å². The molecule has 0 bridgehead atoms. The molecule has 3 rings (SSSR count). The molecule has 2 heterocycles. The van der Waals surface area contributed by atoms with E-state index in [2.05, 4.69) is 10.6 Å². The Bertz CT molecular complexity index is 403. The van der Waals surface area contributed by atoms with Crippen LogP contribution in [0.5, 0.6) is 0 Å². The van der Waals surface area contributed by atoms with Crippen LogP contribution in [0, 0.1) is 0 Å². The predicted octanol–water partition coefficient (Wildman–Crippen LogP) is 0.415. The highest BCUT2D eigenvalue weighted by molar-refractivity contribution is 5.82. The first-order valence-electron chi connectivity index (χ1n) is 8.62. The van der Waals surface area contributed by atoms with Crippen LogP contribution in [0.4, 0.5) is 0 Å². The van der Waals surface area contributed by atoms with Crippen molar-refractivity contribution in [2.45, 2.75) is 63.1 Å². The van der Waals surface area contributed by atoms with Crippen molar-refractivity contribution in [1.29, 1.82) is 0 Å². The lowest BCUT2D eigenvalue weighted by Gasteiger charge is -2.31. The molecule has 2 N–H and O–H groups in total. The topological polar surface area (TPSA) is 70.7 Å². The lowest BCUT2D eigenvalue weighted by atomic mass is 9.94. The molecule has 0 aromatic carbocycles. The number of ether oxygens (including phenoxy) is 1. The SMILES string of the molecule is O=C(CC1COCCN1)NC1CC(=O)N(C2CCCCC2)C1. The van der Waals surface area contributed by atoms with Crippen molar-refractivity contribution in [1.82, 2.24) is 15.5 Å². The van der Waals surface area contributed by atoms with E-state index in [1.165, 1.54) is 19.3 Å². The molecule has 6 nitrogen and oxygen atoms in total. The van der Waals surface area contributed by atoms with Gasteiger partial charge in [0.15, 0.2) is 0 Å². The van der Waals surface area contributed by atoms with Gasteiger partial charge in [0.2, 0.25) is 11.8 Å². The van der Waals surface area contributed by atoms with Gasteiger partial charge in [-0.1, -0.05) is 19.3 Å². The molecule has 0 aromatic heterocycles. The van der Waals surface area contributed by atoms with Crippen molar-refractivity contribution < 1.29 is 14.3 Å². The molecule has 2 aliphatic heterocycles. The molecule has 1 saturated carbocycles. The Kier molecular flexibility index (Phi) is 5.31. The third kappa shape index (κ3) is 3.98. The summed E-state index contributed by atoms with van der Waals surface area (Å²) in [5.74, 6) is 0.225. The fraction of sp³-hybridized carbons (Fsp3) is 0.875. The monoisotopic (exact) mass is 309 g/mol. The van der Waals surface area contributed by atoms with Gasteiger partial charge in [-0.2, -0.15) is 0 Å². The molecule has 124 valence electrons. The summed E-state index contributed by atoms with van der Waals surface area (Å²) in [4.78, 5) is 26.3. The number of amides is 2. The Morgan fingerprint density at radius 3 is 2.86 bits per heavy atom. The second-order valence-corrected chi connectivity index (χ2v) is 6.74. The van der Waals surface area contributed by atoms with Crippen LogP contribution < -0.4 is 10.6 Å². The number of rotatable bonds is 4. The van der Waals surface area contributed by atoms with Gasteiger partial charge in [-0.15, -0.1) is 0 Å². The molecule has 2 amide bonds. The van der Waals surface area contributed by atoms with Gasteiger partial charge in [-0.25, -0.2) is 0 Å². The van der Waals surface area contributed by atoms with Crippen LogP contribution in [0.15, 0.2) is 0 Å². The van der Waals surface area contributed by atoms with Crippen LogP contribution in [-0.4, -0.2) is 61.1 Å². The zero-order valence-electron chi connectivity index (χ0n) is 13.2. The van der Waals surface area contributed by atoms with Gasteiger partial charge in [0.1, 0.15) is 0 Å². The van der Waals surface area contributed by atoms with Gasteiger partial charge in [-0.05, 0) is 12.8 Å². The van der Waals surface area contributed by atoms with Crippen LogP contribution in [0.3, 0.4) is 0 Å². The fourth-order valence-electron chi connectivity index (χ4n) is 3.84. The molecule has 2 unspecified atom stereocenters. The van der Waals surface area contributed by atoms with Gasteiger partial charge in [-0.3, -0.25) is 9.59 Å². The van der Waals surface area contributed by atoms with E-state index in [-0.39, 0.29) is 23.9 Å². The van der Waals surface area contributed by atoms with Crippen molar-refractivity contribution in [3.8, 4) is 0 Å². The highest BCUT2D eigenvalue weighted by atomic mass is 16.5. The number of nitrogens with one attached hydrogen (secondary N) is 2. The largest absolute Gasteiger partial charge is 0.378 e. The van der Waals surface area contributed by atoms with Gasteiger partial charge in [0, 0.05) is 38.0 Å². The summed E-state index contributed by atoms with van der Waals surface area (Å²) >= 11 is 0. The number of hydrogen-bond acceptors (Lipinski definition) is 4. The second-order valence-electron chi connectivity index (χ2n) is 6.74. The normalized spacial score (nSPS) is 30.5. The van der Waals surface area contributed by atoms with Crippen molar-refractivity contribution in [2.24, 2.45) is 0 Å². The van der Waals surface area contributed by atoms with E-state index < -0.39 is 0 Å². The molecule has 0 spiro atoms. The molecule has 22 heavy (non-hydrogen) atoms. The standard InChI is InChI=1S/C16H27N3O3/c20-15(8-13-11-22-7-6-17-13)18-12-9-16(21)19(10-12)14-4-2-1-3-5-14/h12-14,17H,1-11H2,(H,18,20). The fourth-order valence-corrected chi connectivity index (χ4v) is 3.84. The number of carbonyl (C=O) groups is 2. The van der Waals surface area contributed by atoms with Gasteiger partial charge < -0.3 is 20.3 Å². The van der Waals surface area contributed by atoms with Gasteiger partial charge in [0.25, 0.3) is 0 Å². The number of carbonyl (C=O) groups excluding carboxylic acids is 2. The number of morpholine rings is 1. The molecule has 6 heteroatoms. The molecular weight excluding hydrogens is 282 g/mol. The lowest BCUT2D eigenvalue weighted by Crippen LogP contribution is -2.46. The lowest BCUT2D eigenvalue weighted by molar-refractivity contribution is -0.130. The molecule has 2 saturated heterocycles. The van der Waals surface area contributed by atoms with Crippen molar-refractivity contribution in [3.05, 3.63) is 0 Å². The maximum absolute atomic E-state index is 12.2. The summed E-state index contributed by atoms with van der Waals surface area (Å²) in [5, 5.41) is 6.31. The van der Waals surface area contributed by atoms with E-state index in [0.29, 0.717) is 38.6 Å². The molecule has 2 atom stereocenters. The van der Waals surface area contributed by atoms with Gasteiger partial charge in [0.05, 0.1) is 19.3 Å².